The molecule has 13 heavy (non-hydrogen) atoms. The van der Waals surface area contributed by atoms with Crippen LogP contribution in [0.3, 0.4) is 0 Å². The minimum absolute atomic E-state index is 0.168. The van der Waals surface area contributed by atoms with Gasteiger partial charge in [0.15, 0.2) is 0 Å². The SMILES string of the molecule is CC1(C)C=C(O)c2ccccc2N1. The van der Waals surface area contributed by atoms with Crippen molar-refractivity contribution >= 4 is 11.4 Å². The van der Waals surface area contributed by atoms with Crippen LogP contribution in [0.5, 0.6) is 0 Å². The van der Waals surface area contributed by atoms with Crippen LogP contribution in [0.2, 0.25) is 0 Å². The molecule has 2 nitrogen and oxygen atoms in total. The first-order chi connectivity index (χ1) is 6.08. The fourth-order valence-electron chi connectivity index (χ4n) is 1.62. The van der Waals surface area contributed by atoms with Gasteiger partial charge in [-0.3, -0.25) is 0 Å². The van der Waals surface area contributed by atoms with E-state index in [1.165, 1.54) is 0 Å². The number of aliphatic hydroxyl groups excluding tert-OH is 1. The quantitative estimate of drug-likeness (QED) is 0.635. The van der Waals surface area contributed by atoms with E-state index in [4.69, 9.17) is 0 Å². The molecule has 0 saturated carbocycles. The fourth-order valence-corrected chi connectivity index (χ4v) is 1.62. The van der Waals surface area contributed by atoms with Gasteiger partial charge in [0, 0.05) is 11.3 Å². The van der Waals surface area contributed by atoms with Crippen molar-refractivity contribution in [3.8, 4) is 0 Å². The predicted molar refractivity (Wildman–Crippen MR) is 54.7 cm³/mol. The molecule has 68 valence electrons. The van der Waals surface area contributed by atoms with Crippen molar-refractivity contribution in [2.24, 2.45) is 0 Å². The first kappa shape index (κ1) is 8.17. The maximum absolute atomic E-state index is 9.72. The summed E-state index contributed by atoms with van der Waals surface area (Å²) in [6, 6.07) is 7.76. The van der Waals surface area contributed by atoms with Crippen LogP contribution in [0.15, 0.2) is 30.3 Å². The van der Waals surface area contributed by atoms with Crippen molar-refractivity contribution in [3.05, 3.63) is 35.9 Å². The van der Waals surface area contributed by atoms with Gasteiger partial charge in [-0.1, -0.05) is 12.1 Å². The second-order valence-electron chi connectivity index (χ2n) is 3.92. The van der Waals surface area contributed by atoms with Crippen molar-refractivity contribution in [1.29, 1.82) is 0 Å². The Morgan fingerprint density at radius 2 is 1.92 bits per heavy atom. The Bertz CT molecular complexity index is 366. The third-order valence-corrected chi connectivity index (χ3v) is 2.16. The third-order valence-electron chi connectivity index (χ3n) is 2.16. The molecule has 1 heterocycles. The average molecular weight is 175 g/mol. The molecule has 0 atom stereocenters. The van der Waals surface area contributed by atoms with Crippen molar-refractivity contribution in [2.75, 3.05) is 5.32 Å². The predicted octanol–water partition coefficient (Wildman–Crippen LogP) is 2.79. The van der Waals surface area contributed by atoms with Gasteiger partial charge in [-0.25, -0.2) is 0 Å². The summed E-state index contributed by atoms with van der Waals surface area (Å²) in [6.45, 7) is 4.05. The Kier molecular flexibility index (Phi) is 1.59. The van der Waals surface area contributed by atoms with Crippen molar-refractivity contribution in [2.45, 2.75) is 19.4 Å². The second-order valence-corrected chi connectivity index (χ2v) is 3.92. The van der Waals surface area contributed by atoms with E-state index in [0.29, 0.717) is 5.76 Å². The lowest BCUT2D eigenvalue weighted by atomic mass is 9.95. The molecule has 0 radical (unpaired) electrons. The standard InChI is InChI=1S/C11H13NO/c1-11(2)7-10(13)8-5-3-4-6-9(8)12-11/h3-7,12-13H,1-2H3. The number of fused-ring (bicyclic) bond motifs is 1. The zero-order valence-corrected chi connectivity index (χ0v) is 7.83. The summed E-state index contributed by atoms with van der Waals surface area (Å²) in [4.78, 5) is 0. The zero-order chi connectivity index (χ0) is 9.47. The Labute approximate surface area is 77.9 Å². The monoisotopic (exact) mass is 175 g/mol. The van der Waals surface area contributed by atoms with Gasteiger partial charge in [0.05, 0.1) is 5.54 Å². The topological polar surface area (TPSA) is 32.3 Å². The number of para-hydroxylation sites is 1. The van der Waals surface area contributed by atoms with Gasteiger partial charge in [-0.15, -0.1) is 0 Å². The van der Waals surface area contributed by atoms with Crippen LogP contribution in [0, 0.1) is 0 Å². The molecule has 1 aliphatic heterocycles. The van der Waals surface area contributed by atoms with E-state index in [-0.39, 0.29) is 5.54 Å². The maximum atomic E-state index is 9.72. The van der Waals surface area contributed by atoms with Gasteiger partial charge in [0.2, 0.25) is 0 Å². The van der Waals surface area contributed by atoms with E-state index in [1.54, 1.807) is 0 Å². The lowest BCUT2D eigenvalue weighted by Crippen LogP contribution is -2.31. The van der Waals surface area contributed by atoms with Gasteiger partial charge in [0.1, 0.15) is 5.76 Å². The molecule has 0 aromatic heterocycles. The van der Waals surface area contributed by atoms with Crippen LogP contribution in [0.1, 0.15) is 19.4 Å². The smallest absolute Gasteiger partial charge is 0.123 e. The van der Waals surface area contributed by atoms with E-state index >= 15 is 0 Å². The molecule has 2 N–H and O–H groups in total. The molecular formula is C11H13NO. The van der Waals surface area contributed by atoms with E-state index < -0.39 is 0 Å². The highest BCUT2D eigenvalue weighted by atomic mass is 16.3. The van der Waals surface area contributed by atoms with E-state index in [2.05, 4.69) is 5.32 Å². The largest absolute Gasteiger partial charge is 0.507 e. The van der Waals surface area contributed by atoms with Gasteiger partial charge in [-0.2, -0.15) is 0 Å². The van der Waals surface area contributed by atoms with E-state index in [0.717, 1.165) is 11.3 Å². The first-order valence-corrected chi connectivity index (χ1v) is 4.38. The molecular weight excluding hydrogens is 162 g/mol. The summed E-state index contributed by atoms with van der Waals surface area (Å²) in [5.41, 5.74) is 1.70. The van der Waals surface area contributed by atoms with Crippen LogP contribution in [-0.4, -0.2) is 10.6 Å². The summed E-state index contributed by atoms with van der Waals surface area (Å²) in [5.74, 6) is 0.361. The minimum Gasteiger partial charge on any atom is -0.507 e. The zero-order valence-electron chi connectivity index (χ0n) is 7.83. The Morgan fingerprint density at radius 3 is 2.69 bits per heavy atom. The average Bonchev–Trinajstić information content (AvgIpc) is 2.02. The third kappa shape index (κ3) is 1.39. The summed E-state index contributed by atoms with van der Waals surface area (Å²) in [6.07, 6.45) is 1.83. The van der Waals surface area contributed by atoms with Crippen LogP contribution in [0.25, 0.3) is 5.76 Å². The number of nitrogens with one attached hydrogen (secondary N) is 1. The van der Waals surface area contributed by atoms with Gasteiger partial charge < -0.3 is 10.4 Å². The van der Waals surface area contributed by atoms with Crippen LogP contribution in [-0.2, 0) is 0 Å². The summed E-state index contributed by atoms with van der Waals surface area (Å²) >= 11 is 0. The molecule has 0 saturated heterocycles. The highest BCUT2D eigenvalue weighted by Crippen LogP contribution is 2.31. The molecule has 1 aliphatic rings. The number of hydrogen-bond donors (Lipinski definition) is 2. The molecule has 1 aromatic carbocycles. The molecule has 0 aliphatic carbocycles. The Balaban J connectivity index is 2.55. The number of aliphatic hydroxyl groups is 1. The van der Waals surface area contributed by atoms with Crippen molar-refractivity contribution in [3.63, 3.8) is 0 Å². The highest BCUT2D eigenvalue weighted by Gasteiger charge is 2.23. The molecule has 0 amide bonds. The molecule has 1 aromatic rings. The van der Waals surface area contributed by atoms with Crippen LogP contribution >= 0.6 is 0 Å². The van der Waals surface area contributed by atoms with Gasteiger partial charge >= 0.3 is 0 Å². The van der Waals surface area contributed by atoms with Gasteiger partial charge in [-0.05, 0) is 32.1 Å². The second kappa shape index (κ2) is 2.52. The van der Waals surface area contributed by atoms with Gasteiger partial charge in [0.25, 0.3) is 0 Å². The lowest BCUT2D eigenvalue weighted by Gasteiger charge is -2.30. The number of benzene rings is 1. The van der Waals surface area contributed by atoms with Crippen molar-refractivity contribution < 1.29 is 5.11 Å². The van der Waals surface area contributed by atoms with Crippen molar-refractivity contribution in [1.82, 2.24) is 0 Å². The molecule has 0 fully saturated rings. The molecule has 2 heteroatoms. The van der Waals surface area contributed by atoms with Crippen LogP contribution in [0.4, 0.5) is 5.69 Å². The first-order valence-electron chi connectivity index (χ1n) is 4.38. The maximum Gasteiger partial charge on any atom is 0.123 e. The molecule has 0 spiro atoms. The Morgan fingerprint density at radius 1 is 1.23 bits per heavy atom. The minimum atomic E-state index is -0.168. The van der Waals surface area contributed by atoms with Crippen LogP contribution < -0.4 is 5.32 Å². The van der Waals surface area contributed by atoms with E-state index in [1.807, 2.05) is 44.2 Å². The molecule has 0 bridgehead atoms. The fraction of sp³-hybridized carbons (Fsp3) is 0.273. The molecule has 2 rings (SSSR count). The number of anilines is 1. The lowest BCUT2D eigenvalue weighted by molar-refractivity contribution is 0.499. The summed E-state index contributed by atoms with van der Waals surface area (Å²) < 4.78 is 0. The number of hydrogen-bond acceptors (Lipinski definition) is 2. The number of rotatable bonds is 0. The highest BCUT2D eigenvalue weighted by molar-refractivity contribution is 5.76. The van der Waals surface area contributed by atoms with E-state index in [9.17, 15) is 5.11 Å². The summed E-state index contributed by atoms with van der Waals surface area (Å²) in [7, 11) is 0. The normalized spacial score (nSPS) is 18.5. The Hall–Kier alpha value is -1.44. The summed E-state index contributed by atoms with van der Waals surface area (Å²) in [5, 5.41) is 13.0. The molecule has 0 unspecified atom stereocenters.